The molecule has 4 rings (SSSR count). The number of aryl methyl sites for hydroxylation is 3. The molecule has 2 aromatic heterocycles. The SMILES string of the molecule is Cc1cc(C)c2c(OCC(=O)NC(C(=O)Nc3ccccc3)c3ccccc3)nn(C)c2n1. The number of ether oxygens (including phenoxy) is 1. The van der Waals surface area contributed by atoms with Gasteiger partial charge >= 0.3 is 0 Å². The van der Waals surface area contributed by atoms with Gasteiger partial charge in [0.1, 0.15) is 6.04 Å². The quantitative estimate of drug-likeness (QED) is 0.456. The van der Waals surface area contributed by atoms with E-state index < -0.39 is 11.9 Å². The number of carbonyl (C=O) groups is 2. The minimum atomic E-state index is -0.881. The summed E-state index contributed by atoms with van der Waals surface area (Å²) in [5.41, 5.74) is 3.84. The molecule has 168 valence electrons. The molecule has 0 fully saturated rings. The molecule has 0 radical (unpaired) electrons. The van der Waals surface area contributed by atoms with Gasteiger partial charge in [-0.25, -0.2) is 9.67 Å². The predicted octanol–water partition coefficient (Wildman–Crippen LogP) is 3.46. The van der Waals surface area contributed by atoms with E-state index in [0.717, 1.165) is 16.6 Å². The monoisotopic (exact) mass is 443 g/mol. The lowest BCUT2D eigenvalue weighted by Gasteiger charge is -2.19. The zero-order valence-electron chi connectivity index (χ0n) is 18.7. The highest BCUT2D eigenvalue weighted by Crippen LogP contribution is 2.27. The van der Waals surface area contributed by atoms with Gasteiger partial charge in [0.2, 0.25) is 5.88 Å². The van der Waals surface area contributed by atoms with E-state index in [1.807, 2.05) is 56.3 Å². The number of amides is 2. The third-order valence-corrected chi connectivity index (χ3v) is 5.17. The molecule has 2 aromatic carbocycles. The average Bonchev–Trinajstić information content (AvgIpc) is 3.12. The van der Waals surface area contributed by atoms with Crippen LogP contribution in [0.25, 0.3) is 11.0 Å². The highest BCUT2D eigenvalue weighted by molar-refractivity contribution is 5.98. The number of fused-ring (bicyclic) bond motifs is 1. The van der Waals surface area contributed by atoms with Crippen molar-refractivity contribution in [1.29, 1.82) is 0 Å². The average molecular weight is 444 g/mol. The van der Waals surface area contributed by atoms with Gasteiger partial charge < -0.3 is 15.4 Å². The van der Waals surface area contributed by atoms with Crippen molar-refractivity contribution in [2.75, 3.05) is 11.9 Å². The normalized spacial score (nSPS) is 11.7. The number of benzene rings is 2. The fourth-order valence-electron chi connectivity index (χ4n) is 3.67. The Hall–Kier alpha value is -4.20. The fourth-order valence-corrected chi connectivity index (χ4v) is 3.67. The molecule has 0 aliphatic heterocycles. The highest BCUT2D eigenvalue weighted by Gasteiger charge is 2.24. The Morgan fingerprint density at radius 3 is 2.39 bits per heavy atom. The van der Waals surface area contributed by atoms with E-state index in [4.69, 9.17) is 4.74 Å². The summed E-state index contributed by atoms with van der Waals surface area (Å²) in [6.45, 7) is 3.57. The van der Waals surface area contributed by atoms with Gasteiger partial charge in [-0.1, -0.05) is 48.5 Å². The maximum atomic E-state index is 13.0. The Morgan fingerprint density at radius 1 is 1.03 bits per heavy atom. The highest BCUT2D eigenvalue weighted by atomic mass is 16.5. The van der Waals surface area contributed by atoms with E-state index in [9.17, 15) is 9.59 Å². The fraction of sp³-hybridized carbons (Fsp3) is 0.200. The smallest absolute Gasteiger partial charge is 0.258 e. The van der Waals surface area contributed by atoms with Crippen LogP contribution in [0, 0.1) is 13.8 Å². The lowest BCUT2D eigenvalue weighted by atomic mass is 10.1. The summed E-state index contributed by atoms with van der Waals surface area (Å²) in [6.07, 6.45) is 0. The van der Waals surface area contributed by atoms with Crippen LogP contribution in [-0.4, -0.2) is 33.2 Å². The molecule has 33 heavy (non-hydrogen) atoms. The van der Waals surface area contributed by atoms with Crippen molar-refractivity contribution in [3.05, 3.63) is 83.6 Å². The maximum Gasteiger partial charge on any atom is 0.258 e. The number of hydrogen-bond acceptors (Lipinski definition) is 5. The second kappa shape index (κ2) is 9.52. The molecule has 0 saturated carbocycles. The van der Waals surface area contributed by atoms with Crippen LogP contribution < -0.4 is 15.4 Å². The Kier molecular flexibility index (Phi) is 6.35. The summed E-state index contributed by atoms with van der Waals surface area (Å²) in [4.78, 5) is 30.3. The molecular weight excluding hydrogens is 418 g/mol. The molecule has 0 aliphatic rings. The number of para-hydroxylation sites is 1. The van der Waals surface area contributed by atoms with Crippen molar-refractivity contribution in [3.8, 4) is 5.88 Å². The van der Waals surface area contributed by atoms with E-state index in [1.54, 1.807) is 36.0 Å². The van der Waals surface area contributed by atoms with Crippen LogP contribution in [0.1, 0.15) is 22.9 Å². The number of nitrogens with one attached hydrogen (secondary N) is 2. The van der Waals surface area contributed by atoms with Gasteiger partial charge in [0.15, 0.2) is 12.3 Å². The molecule has 0 spiro atoms. The minimum absolute atomic E-state index is 0.290. The minimum Gasteiger partial charge on any atom is -0.466 e. The first kappa shape index (κ1) is 22.0. The van der Waals surface area contributed by atoms with Gasteiger partial charge in [0.05, 0.1) is 5.39 Å². The van der Waals surface area contributed by atoms with Crippen LogP contribution in [0.5, 0.6) is 5.88 Å². The van der Waals surface area contributed by atoms with Crippen molar-refractivity contribution in [2.24, 2.45) is 7.05 Å². The summed E-state index contributed by atoms with van der Waals surface area (Å²) in [5, 5.41) is 10.7. The van der Waals surface area contributed by atoms with E-state index >= 15 is 0 Å². The molecule has 0 aliphatic carbocycles. The first-order chi connectivity index (χ1) is 15.9. The van der Waals surface area contributed by atoms with Crippen molar-refractivity contribution >= 4 is 28.5 Å². The van der Waals surface area contributed by atoms with Crippen LogP contribution in [0.2, 0.25) is 0 Å². The maximum absolute atomic E-state index is 13.0. The van der Waals surface area contributed by atoms with Gasteiger partial charge in [0.25, 0.3) is 11.8 Å². The summed E-state index contributed by atoms with van der Waals surface area (Å²) in [6, 6.07) is 19.2. The molecule has 8 heteroatoms. The number of rotatable bonds is 7. The second-order valence-corrected chi connectivity index (χ2v) is 7.76. The van der Waals surface area contributed by atoms with Crippen LogP contribution in [0.3, 0.4) is 0 Å². The summed E-state index contributed by atoms with van der Waals surface area (Å²) in [5.74, 6) is -0.458. The molecular formula is C25H25N5O3. The summed E-state index contributed by atoms with van der Waals surface area (Å²) in [7, 11) is 1.78. The Morgan fingerprint density at radius 2 is 1.70 bits per heavy atom. The summed E-state index contributed by atoms with van der Waals surface area (Å²) >= 11 is 0. The van der Waals surface area contributed by atoms with Gasteiger partial charge in [-0.15, -0.1) is 5.10 Å². The molecule has 0 saturated heterocycles. The number of hydrogen-bond donors (Lipinski definition) is 2. The van der Waals surface area contributed by atoms with Crippen LogP contribution in [0.15, 0.2) is 66.7 Å². The lowest BCUT2D eigenvalue weighted by molar-refractivity contribution is -0.128. The number of pyridine rings is 1. The number of anilines is 1. The van der Waals surface area contributed by atoms with Crippen LogP contribution in [-0.2, 0) is 16.6 Å². The molecule has 2 amide bonds. The van der Waals surface area contributed by atoms with Crippen LogP contribution >= 0.6 is 0 Å². The van der Waals surface area contributed by atoms with Crippen molar-refractivity contribution < 1.29 is 14.3 Å². The van der Waals surface area contributed by atoms with E-state index in [-0.39, 0.29) is 12.5 Å². The van der Waals surface area contributed by atoms with Crippen molar-refractivity contribution in [1.82, 2.24) is 20.1 Å². The molecule has 2 heterocycles. The third kappa shape index (κ3) is 5.01. The Labute approximate surface area is 191 Å². The van der Waals surface area contributed by atoms with Gasteiger partial charge in [0, 0.05) is 18.4 Å². The van der Waals surface area contributed by atoms with Crippen molar-refractivity contribution in [2.45, 2.75) is 19.9 Å². The molecule has 0 bridgehead atoms. The van der Waals surface area contributed by atoms with Crippen LogP contribution in [0.4, 0.5) is 5.69 Å². The molecule has 1 unspecified atom stereocenters. The number of aromatic nitrogens is 3. The van der Waals surface area contributed by atoms with Gasteiger partial charge in [-0.2, -0.15) is 0 Å². The predicted molar refractivity (Wildman–Crippen MR) is 126 cm³/mol. The zero-order chi connectivity index (χ0) is 23.4. The number of nitrogens with zero attached hydrogens (tertiary/aromatic N) is 3. The standard InChI is InChI=1S/C25H25N5O3/c1-16-14-17(2)26-23-21(16)25(29-30(23)3)33-15-20(31)28-22(18-10-6-4-7-11-18)24(32)27-19-12-8-5-9-13-19/h4-14,22H,15H2,1-3H3,(H,27,32)(H,28,31). The summed E-state index contributed by atoms with van der Waals surface area (Å²) < 4.78 is 7.37. The zero-order valence-corrected chi connectivity index (χ0v) is 18.7. The molecule has 4 aromatic rings. The van der Waals surface area contributed by atoms with E-state index in [1.165, 1.54) is 0 Å². The van der Waals surface area contributed by atoms with Gasteiger partial charge in [-0.3, -0.25) is 9.59 Å². The van der Waals surface area contributed by atoms with E-state index in [2.05, 4.69) is 20.7 Å². The van der Waals surface area contributed by atoms with Gasteiger partial charge in [-0.05, 0) is 43.2 Å². The molecule has 1 atom stereocenters. The first-order valence-corrected chi connectivity index (χ1v) is 10.6. The first-order valence-electron chi connectivity index (χ1n) is 10.6. The Bertz CT molecular complexity index is 1290. The van der Waals surface area contributed by atoms with E-state index in [0.29, 0.717) is 22.8 Å². The largest absolute Gasteiger partial charge is 0.466 e. The topological polar surface area (TPSA) is 98.1 Å². The third-order valence-electron chi connectivity index (χ3n) is 5.17. The second-order valence-electron chi connectivity index (χ2n) is 7.76. The lowest BCUT2D eigenvalue weighted by Crippen LogP contribution is -2.39. The Balaban J connectivity index is 1.50. The number of carbonyl (C=O) groups excluding carboxylic acids is 2. The molecule has 8 nitrogen and oxygen atoms in total. The van der Waals surface area contributed by atoms with Crippen molar-refractivity contribution in [3.63, 3.8) is 0 Å². The molecule has 2 N–H and O–H groups in total.